The quantitative estimate of drug-likeness (QED) is 0.409. The SMILES string of the molecule is COCCOCCO[CH]OC(C)=O. The van der Waals surface area contributed by atoms with Gasteiger partial charge in [-0.2, -0.15) is 0 Å². The number of ether oxygens (including phenoxy) is 4. The molecule has 77 valence electrons. The van der Waals surface area contributed by atoms with E-state index in [4.69, 9.17) is 14.2 Å². The van der Waals surface area contributed by atoms with E-state index in [1.54, 1.807) is 7.11 Å². The second kappa shape index (κ2) is 9.44. The van der Waals surface area contributed by atoms with Crippen molar-refractivity contribution in [2.45, 2.75) is 6.92 Å². The Kier molecular flexibility index (Phi) is 8.97. The Bertz CT molecular complexity index is 126. The molecule has 0 saturated heterocycles. The third-order valence-electron chi connectivity index (χ3n) is 1.06. The molecule has 0 aromatic heterocycles. The largest absolute Gasteiger partial charge is 0.429 e. The molecule has 0 N–H and O–H groups in total. The van der Waals surface area contributed by atoms with Gasteiger partial charge in [0.05, 0.1) is 26.4 Å². The maximum atomic E-state index is 10.2. The lowest BCUT2D eigenvalue weighted by molar-refractivity contribution is -0.144. The maximum Gasteiger partial charge on any atom is 0.305 e. The highest BCUT2D eigenvalue weighted by molar-refractivity contribution is 5.66. The predicted octanol–water partition coefficient (Wildman–Crippen LogP) is 0.348. The van der Waals surface area contributed by atoms with Gasteiger partial charge in [0, 0.05) is 14.0 Å². The van der Waals surface area contributed by atoms with Crippen molar-refractivity contribution >= 4 is 5.97 Å². The molecule has 0 amide bonds. The van der Waals surface area contributed by atoms with Crippen molar-refractivity contribution in [3.05, 3.63) is 6.79 Å². The number of carbonyl (C=O) groups excluding carboxylic acids is 1. The van der Waals surface area contributed by atoms with Gasteiger partial charge in [0.2, 0.25) is 0 Å². The maximum absolute atomic E-state index is 10.2. The van der Waals surface area contributed by atoms with Crippen molar-refractivity contribution in [2.75, 3.05) is 33.5 Å². The molecule has 0 aliphatic heterocycles. The normalized spacial score (nSPS) is 10.0. The molecular weight excluding hydrogens is 176 g/mol. The summed E-state index contributed by atoms with van der Waals surface area (Å²) in [7, 11) is 1.61. The molecule has 0 aliphatic carbocycles. The van der Waals surface area contributed by atoms with Crippen molar-refractivity contribution in [3.8, 4) is 0 Å². The molecule has 0 aromatic carbocycles. The Morgan fingerprint density at radius 3 is 2.54 bits per heavy atom. The van der Waals surface area contributed by atoms with E-state index in [1.165, 1.54) is 6.92 Å². The monoisotopic (exact) mass is 191 g/mol. The summed E-state index contributed by atoms with van der Waals surface area (Å²) in [5.74, 6) is -0.402. The summed E-state index contributed by atoms with van der Waals surface area (Å²) < 4.78 is 19.0. The summed E-state index contributed by atoms with van der Waals surface area (Å²) in [5, 5.41) is 0. The van der Waals surface area contributed by atoms with Crippen LogP contribution in [0.1, 0.15) is 6.92 Å². The average molecular weight is 191 g/mol. The molecule has 0 spiro atoms. The summed E-state index contributed by atoms with van der Waals surface area (Å²) in [4.78, 5) is 10.2. The van der Waals surface area contributed by atoms with Crippen LogP contribution in [0.3, 0.4) is 0 Å². The number of hydrogen-bond donors (Lipinski definition) is 0. The highest BCUT2D eigenvalue weighted by Gasteiger charge is 1.93. The van der Waals surface area contributed by atoms with E-state index in [2.05, 4.69) is 4.74 Å². The number of carbonyl (C=O) groups is 1. The Balaban J connectivity index is 2.87. The molecular formula is C8H15O5. The molecule has 0 bridgehead atoms. The Labute approximate surface area is 77.9 Å². The van der Waals surface area contributed by atoms with Crippen LogP contribution in [-0.2, 0) is 23.7 Å². The standard InChI is InChI=1S/C8H15O5/c1-8(9)13-7-12-6-5-11-4-3-10-2/h7H,3-6H2,1-2H3. The molecule has 0 heterocycles. The smallest absolute Gasteiger partial charge is 0.305 e. The Hall–Kier alpha value is -0.650. The first kappa shape index (κ1) is 12.3. The van der Waals surface area contributed by atoms with Crippen LogP contribution in [0.15, 0.2) is 0 Å². The molecule has 5 heteroatoms. The average Bonchev–Trinajstić information content (AvgIpc) is 2.09. The molecule has 0 fully saturated rings. The van der Waals surface area contributed by atoms with Gasteiger partial charge in [-0.25, -0.2) is 0 Å². The van der Waals surface area contributed by atoms with Gasteiger partial charge in [-0.1, -0.05) is 0 Å². The molecule has 0 rings (SSSR count). The topological polar surface area (TPSA) is 54.0 Å². The minimum absolute atomic E-state index is 0.358. The van der Waals surface area contributed by atoms with Gasteiger partial charge >= 0.3 is 5.97 Å². The van der Waals surface area contributed by atoms with Gasteiger partial charge in [-0.15, -0.1) is 0 Å². The number of hydrogen-bond acceptors (Lipinski definition) is 5. The van der Waals surface area contributed by atoms with Gasteiger partial charge < -0.3 is 18.9 Å². The Morgan fingerprint density at radius 1 is 1.23 bits per heavy atom. The zero-order valence-electron chi connectivity index (χ0n) is 7.95. The zero-order valence-corrected chi connectivity index (χ0v) is 7.95. The van der Waals surface area contributed by atoms with Crippen molar-refractivity contribution < 1.29 is 23.7 Å². The van der Waals surface area contributed by atoms with E-state index in [9.17, 15) is 4.79 Å². The lowest BCUT2D eigenvalue weighted by atomic mass is 10.7. The Morgan fingerprint density at radius 2 is 1.92 bits per heavy atom. The fourth-order valence-electron chi connectivity index (χ4n) is 0.501. The van der Waals surface area contributed by atoms with Gasteiger partial charge in [0.25, 0.3) is 6.79 Å². The fourth-order valence-corrected chi connectivity index (χ4v) is 0.501. The number of rotatable bonds is 8. The van der Waals surface area contributed by atoms with E-state index < -0.39 is 5.97 Å². The van der Waals surface area contributed by atoms with Gasteiger partial charge in [-0.05, 0) is 0 Å². The van der Waals surface area contributed by atoms with E-state index in [0.717, 1.165) is 6.79 Å². The lowest BCUT2D eigenvalue weighted by Crippen LogP contribution is -2.08. The van der Waals surface area contributed by atoms with Crippen LogP contribution >= 0.6 is 0 Å². The fraction of sp³-hybridized carbons (Fsp3) is 0.750. The molecule has 5 nitrogen and oxygen atoms in total. The van der Waals surface area contributed by atoms with Crippen LogP contribution in [0.5, 0.6) is 0 Å². The molecule has 0 atom stereocenters. The third kappa shape index (κ3) is 11.3. The van der Waals surface area contributed by atoms with Crippen molar-refractivity contribution in [3.63, 3.8) is 0 Å². The first-order valence-electron chi connectivity index (χ1n) is 3.94. The minimum Gasteiger partial charge on any atom is -0.429 e. The highest BCUT2D eigenvalue weighted by atomic mass is 16.7. The van der Waals surface area contributed by atoms with Crippen molar-refractivity contribution in [1.29, 1.82) is 0 Å². The van der Waals surface area contributed by atoms with Crippen molar-refractivity contribution in [2.24, 2.45) is 0 Å². The molecule has 1 radical (unpaired) electrons. The second-order valence-corrected chi connectivity index (χ2v) is 2.18. The second-order valence-electron chi connectivity index (χ2n) is 2.18. The molecule has 0 unspecified atom stereocenters. The van der Waals surface area contributed by atoms with E-state index in [-0.39, 0.29) is 0 Å². The first-order chi connectivity index (χ1) is 6.27. The highest BCUT2D eigenvalue weighted by Crippen LogP contribution is 1.86. The summed E-state index contributed by atoms with van der Waals surface area (Å²) >= 11 is 0. The van der Waals surface area contributed by atoms with E-state index in [0.29, 0.717) is 26.4 Å². The van der Waals surface area contributed by atoms with Crippen LogP contribution in [0, 0.1) is 6.79 Å². The third-order valence-corrected chi connectivity index (χ3v) is 1.06. The number of methoxy groups -OCH3 is 1. The number of esters is 1. The van der Waals surface area contributed by atoms with Gasteiger partial charge in [0.15, 0.2) is 0 Å². The summed E-state index contributed by atoms with van der Waals surface area (Å²) in [6.07, 6.45) is 0. The molecule has 0 saturated carbocycles. The predicted molar refractivity (Wildman–Crippen MR) is 44.7 cm³/mol. The van der Waals surface area contributed by atoms with Crippen molar-refractivity contribution in [1.82, 2.24) is 0 Å². The molecule has 13 heavy (non-hydrogen) atoms. The van der Waals surface area contributed by atoms with Crippen LogP contribution in [0.25, 0.3) is 0 Å². The van der Waals surface area contributed by atoms with E-state index >= 15 is 0 Å². The lowest BCUT2D eigenvalue weighted by Gasteiger charge is -2.03. The summed E-state index contributed by atoms with van der Waals surface area (Å²) in [6.45, 7) is 4.20. The van der Waals surface area contributed by atoms with E-state index in [1.807, 2.05) is 0 Å². The van der Waals surface area contributed by atoms with Crippen LogP contribution in [0.2, 0.25) is 0 Å². The minimum atomic E-state index is -0.402. The van der Waals surface area contributed by atoms with Gasteiger partial charge in [-0.3, -0.25) is 4.79 Å². The summed E-state index contributed by atoms with van der Waals surface area (Å²) in [6, 6.07) is 0. The van der Waals surface area contributed by atoms with Crippen LogP contribution in [-0.4, -0.2) is 39.5 Å². The van der Waals surface area contributed by atoms with Gasteiger partial charge in [0.1, 0.15) is 0 Å². The summed E-state index contributed by atoms with van der Waals surface area (Å²) in [5.41, 5.74) is 0. The zero-order chi connectivity index (χ0) is 9.94. The van der Waals surface area contributed by atoms with Crippen LogP contribution in [0.4, 0.5) is 0 Å². The molecule has 0 aliphatic rings. The molecule has 0 aromatic rings. The first-order valence-corrected chi connectivity index (χ1v) is 3.94. The van der Waals surface area contributed by atoms with Crippen LogP contribution < -0.4 is 0 Å².